The summed E-state index contributed by atoms with van der Waals surface area (Å²) < 4.78 is 14.0. The molecule has 0 aliphatic rings. The zero-order chi connectivity index (χ0) is 13.3. The lowest BCUT2D eigenvalue weighted by Crippen LogP contribution is -2.10. The smallest absolute Gasteiger partial charge is 0.169 e. The number of nitrogen functional groups attached to an aromatic ring is 2. The van der Waals surface area contributed by atoms with Gasteiger partial charge in [-0.3, -0.25) is 0 Å². The molecule has 1 aromatic carbocycles. The summed E-state index contributed by atoms with van der Waals surface area (Å²) in [4.78, 5) is 1.08. The number of nitrogens with two attached hydrogens (primary N) is 2. The van der Waals surface area contributed by atoms with Gasteiger partial charge in [-0.1, -0.05) is 17.7 Å². The highest BCUT2D eigenvalue weighted by Crippen LogP contribution is 2.36. The Hall–Kier alpha value is -1.46. The summed E-state index contributed by atoms with van der Waals surface area (Å²) >= 11 is 7.36. The van der Waals surface area contributed by atoms with E-state index in [4.69, 9.17) is 23.1 Å². The first kappa shape index (κ1) is 13.0. The van der Waals surface area contributed by atoms with Crippen molar-refractivity contribution >= 4 is 40.0 Å². The average molecular weight is 286 g/mol. The number of hydrogen-bond donors (Lipinski definition) is 3. The minimum absolute atomic E-state index is 0.0542. The average Bonchev–Trinajstić information content (AvgIpc) is 2.85. The second-order valence-electron chi connectivity index (χ2n) is 3.94. The van der Waals surface area contributed by atoms with Gasteiger partial charge in [-0.05, 0) is 24.4 Å². The monoisotopic (exact) mass is 285 g/mol. The van der Waals surface area contributed by atoms with Crippen molar-refractivity contribution in [2.45, 2.75) is 13.0 Å². The first-order valence-electron chi connectivity index (χ1n) is 5.33. The summed E-state index contributed by atoms with van der Waals surface area (Å²) in [5.74, 6) is -0.613. The van der Waals surface area contributed by atoms with E-state index in [1.54, 1.807) is 11.3 Å². The van der Waals surface area contributed by atoms with Crippen molar-refractivity contribution < 1.29 is 4.39 Å². The highest BCUT2D eigenvalue weighted by molar-refractivity contribution is 7.10. The molecule has 3 nitrogen and oxygen atoms in total. The van der Waals surface area contributed by atoms with Gasteiger partial charge in [0, 0.05) is 4.88 Å². The van der Waals surface area contributed by atoms with Crippen molar-refractivity contribution in [3.05, 3.63) is 39.3 Å². The molecule has 0 spiro atoms. The summed E-state index contributed by atoms with van der Waals surface area (Å²) in [6.07, 6.45) is 0. The summed E-state index contributed by atoms with van der Waals surface area (Å²) in [7, 11) is 0. The quantitative estimate of drug-likeness (QED) is 0.750. The Bertz CT molecular complexity index is 557. The van der Waals surface area contributed by atoms with Crippen LogP contribution in [0.3, 0.4) is 0 Å². The Morgan fingerprint density at radius 2 is 2.11 bits per heavy atom. The van der Waals surface area contributed by atoms with Gasteiger partial charge < -0.3 is 16.8 Å². The maximum absolute atomic E-state index is 14.0. The molecule has 18 heavy (non-hydrogen) atoms. The van der Waals surface area contributed by atoms with Crippen LogP contribution in [0.25, 0.3) is 0 Å². The molecule has 0 saturated heterocycles. The highest BCUT2D eigenvalue weighted by Gasteiger charge is 2.16. The van der Waals surface area contributed by atoms with Crippen molar-refractivity contribution in [3.8, 4) is 0 Å². The van der Waals surface area contributed by atoms with Gasteiger partial charge in [0.2, 0.25) is 0 Å². The van der Waals surface area contributed by atoms with Crippen LogP contribution < -0.4 is 16.8 Å². The van der Waals surface area contributed by atoms with Crippen molar-refractivity contribution in [3.63, 3.8) is 0 Å². The molecule has 6 heteroatoms. The van der Waals surface area contributed by atoms with Crippen molar-refractivity contribution in [1.29, 1.82) is 0 Å². The van der Waals surface area contributed by atoms with Crippen LogP contribution >= 0.6 is 22.9 Å². The SMILES string of the molecule is CC(Nc1c(N)cc(N)c(Cl)c1F)c1cccs1. The van der Waals surface area contributed by atoms with E-state index in [2.05, 4.69) is 5.32 Å². The maximum Gasteiger partial charge on any atom is 0.169 e. The molecule has 0 amide bonds. The van der Waals surface area contributed by atoms with Gasteiger partial charge >= 0.3 is 0 Å². The summed E-state index contributed by atoms with van der Waals surface area (Å²) in [5.41, 5.74) is 11.9. The fraction of sp³-hybridized carbons (Fsp3) is 0.167. The van der Waals surface area contributed by atoms with Crippen LogP contribution in [0, 0.1) is 5.82 Å². The van der Waals surface area contributed by atoms with E-state index in [9.17, 15) is 4.39 Å². The lowest BCUT2D eigenvalue weighted by molar-refractivity contribution is 0.629. The number of hydrogen-bond acceptors (Lipinski definition) is 4. The first-order chi connectivity index (χ1) is 8.50. The van der Waals surface area contributed by atoms with Crippen LogP contribution in [0.15, 0.2) is 23.6 Å². The van der Waals surface area contributed by atoms with Gasteiger partial charge in [0.05, 0.1) is 23.1 Å². The Balaban J connectivity index is 2.32. The molecule has 1 unspecified atom stereocenters. The number of anilines is 3. The normalized spacial score (nSPS) is 12.4. The van der Waals surface area contributed by atoms with E-state index in [0.717, 1.165) is 4.88 Å². The van der Waals surface area contributed by atoms with Crippen molar-refractivity contribution in [2.75, 3.05) is 16.8 Å². The highest BCUT2D eigenvalue weighted by atomic mass is 35.5. The predicted octanol–water partition coefficient (Wildman–Crippen LogP) is 3.88. The molecule has 1 heterocycles. The molecule has 1 aromatic heterocycles. The predicted molar refractivity (Wildman–Crippen MR) is 76.6 cm³/mol. The van der Waals surface area contributed by atoms with Crippen LogP contribution in [-0.4, -0.2) is 0 Å². The van der Waals surface area contributed by atoms with Crippen LogP contribution in [0.5, 0.6) is 0 Å². The zero-order valence-corrected chi connectivity index (χ0v) is 11.3. The molecule has 2 aromatic rings. The van der Waals surface area contributed by atoms with Gasteiger partial charge in [0.1, 0.15) is 5.02 Å². The van der Waals surface area contributed by atoms with E-state index < -0.39 is 5.82 Å². The molecule has 0 saturated carbocycles. The molecule has 0 fully saturated rings. The molecule has 0 aliphatic carbocycles. The molecule has 96 valence electrons. The minimum atomic E-state index is -0.613. The van der Waals surface area contributed by atoms with E-state index >= 15 is 0 Å². The van der Waals surface area contributed by atoms with Gasteiger partial charge in [-0.15, -0.1) is 11.3 Å². The Labute approximate surface area is 114 Å². The molecule has 5 N–H and O–H groups in total. The van der Waals surface area contributed by atoms with Crippen LogP contribution in [0.1, 0.15) is 17.8 Å². The fourth-order valence-electron chi connectivity index (χ4n) is 1.64. The number of nitrogens with one attached hydrogen (secondary N) is 1. The second-order valence-corrected chi connectivity index (χ2v) is 5.30. The fourth-order valence-corrected chi connectivity index (χ4v) is 2.52. The third kappa shape index (κ3) is 2.37. The molecule has 2 rings (SSSR count). The minimum Gasteiger partial charge on any atom is -0.397 e. The van der Waals surface area contributed by atoms with Gasteiger partial charge in [0.25, 0.3) is 0 Å². The summed E-state index contributed by atoms with van der Waals surface area (Å²) in [5, 5.41) is 4.87. The molecule has 0 radical (unpaired) electrons. The first-order valence-corrected chi connectivity index (χ1v) is 6.59. The second kappa shape index (κ2) is 5.04. The Morgan fingerprint density at radius 3 is 2.72 bits per heavy atom. The lowest BCUT2D eigenvalue weighted by Gasteiger charge is -2.17. The number of thiophene rings is 1. The topological polar surface area (TPSA) is 64.1 Å². The van der Waals surface area contributed by atoms with Gasteiger partial charge in [-0.25, -0.2) is 4.39 Å². The maximum atomic E-state index is 14.0. The lowest BCUT2D eigenvalue weighted by atomic mass is 10.2. The molecule has 0 bridgehead atoms. The largest absolute Gasteiger partial charge is 0.397 e. The number of halogens is 2. The molecular weight excluding hydrogens is 273 g/mol. The van der Waals surface area contributed by atoms with Gasteiger partial charge in [-0.2, -0.15) is 0 Å². The molecular formula is C12H13ClFN3S. The molecule has 1 atom stereocenters. The summed E-state index contributed by atoms with van der Waals surface area (Å²) in [6.45, 7) is 1.93. The van der Waals surface area contributed by atoms with E-state index in [0.29, 0.717) is 0 Å². The molecule has 0 aliphatic heterocycles. The van der Waals surface area contributed by atoms with E-state index in [1.807, 2.05) is 24.4 Å². The van der Waals surface area contributed by atoms with E-state index in [1.165, 1.54) is 6.07 Å². The van der Waals surface area contributed by atoms with Crippen molar-refractivity contribution in [2.24, 2.45) is 0 Å². The Morgan fingerprint density at radius 1 is 1.39 bits per heavy atom. The standard InChI is InChI=1S/C12H13ClFN3S/c1-6(9-3-2-4-18-9)17-12-8(16)5-7(15)10(13)11(12)14/h2-6,17H,15-16H2,1H3. The Kier molecular flexibility index (Phi) is 3.63. The third-order valence-corrected chi connectivity index (χ3v) is 4.04. The van der Waals surface area contributed by atoms with Crippen LogP contribution in [0.2, 0.25) is 5.02 Å². The van der Waals surface area contributed by atoms with Gasteiger partial charge in [0.15, 0.2) is 5.82 Å². The summed E-state index contributed by atoms with van der Waals surface area (Å²) in [6, 6.07) is 5.31. The number of benzene rings is 1. The third-order valence-electron chi connectivity index (χ3n) is 2.60. The number of rotatable bonds is 3. The zero-order valence-electron chi connectivity index (χ0n) is 9.71. The van der Waals surface area contributed by atoms with Crippen LogP contribution in [0.4, 0.5) is 21.5 Å². The van der Waals surface area contributed by atoms with Crippen LogP contribution in [-0.2, 0) is 0 Å². The van der Waals surface area contributed by atoms with E-state index in [-0.39, 0.29) is 28.1 Å². The van der Waals surface area contributed by atoms with Crippen molar-refractivity contribution in [1.82, 2.24) is 0 Å².